The third-order valence-electron chi connectivity index (χ3n) is 19.1. The number of amides is 12. The van der Waals surface area contributed by atoms with Gasteiger partial charge in [0.2, 0.25) is 70.9 Å². The summed E-state index contributed by atoms with van der Waals surface area (Å²) < 4.78 is 6.23. The van der Waals surface area contributed by atoms with E-state index in [9.17, 15) is 29.1 Å². The molecule has 2 fully saturated rings. The Morgan fingerprint density at radius 2 is 0.874 bits per heavy atom. The lowest BCUT2D eigenvalue weighted by Gasteiger charge is -2.39. The zero-order valence-corrected chi connectivity index (χ0v) is 64.0. The standard InChI is InChI=1S/C77H116N12O14/c1-48(2)39-56-71(97)85(15)59(41-50(5)6)69(95)81-66(52(8)90)76(102)82(12)46-65(92)83(13)58(40-49(3)4)67(93)80-57(47-103-77(9,10)11)72(98)86(16)61(43-54-33-25-20-26-34-54)73(99)87(17)62(44-55-35-27-21-28-36-55)74(100)88(18)63(75(101)89-37-29-22-30-38-89)45-64(91)78-51(7)70(96)84(14)60(68(94)79-56)42-53-31-23-19-24-32-53/h19-21,23-28,31-36,48-52,56-63,66,90H,22,29-30,37-47H2,1-18H3,(H,78,91)(H,79,94)(H,80,93)(H,81,95)/t51-,52-,56+,57+,58+,59?,60+,61+,62+,63+,66+/m1/s1. The molecule has 0 aliphatic carbocycles. The zero-order valence-electron chi connectivity index (χ0n) is 64.0. The van der Waals surface area contributed by atoms with E-state index >= 15 is 33.6 Å². The van der Waals surface area contributed by atoms with Crippen molar-refractivity contribution in [3.05, 3.63) is 108 Å². The van der Waals surface area contributed by atoms with Crippen LogP contribution in [0.4, 0.5) is 0 Å². The van der Waals surface area contributed by atoms with Crippen LogP contribution in [0, 0.1) is 17.8 Å². The predicted octanol–water partition coefficient (Wildman–Crippen LogP) is 3.84. The Balaban J connectivity index is 1.72. The molecule has 0 aromatic heterocycles. The Morgan fingerprint density at radius 1 is 0.476 bits per heavy atom. The maximum absolute atomic E-state index is 15.8. The van der Waals surface area contributed by atoms with Crippen molar-refractivity contribution in [2.75, 3.05) is 75.6 Å². The number of aliphatic hydroxyl groups is 1. The second-order valence-corrected chi connectivity index (χ2v) is 30.1. The quantitative estimate of drug-likeness (QED) is 0.136. The van der Waals surface area contributed by atoms with Gasteiger partial charge >= 0.3 is 0 Å². The second kappa shape index (κ2) is 39.2. The Hall–Kier alpha value is -8.78. The molecule has 0 bridgehead atoms. The first-order chi connectivity index (χ1) is 48.3. The lowest BCUT2D eigenvalue weighted by atomic mass is 9.97. The Bertz CT molecular complexity index is 3360. The minimum Gasteiger partial charge on any atom is -0.391 e. The number of nitrogens with zero attached hydrogens (tertiary/aromatic N) is 8. The smallest absolute Gasteiger partial charge is 0.248 e. The molecule has 2 heterocycles. The van der Waals surface area contributed by atoms with E-state index in [1.165, 1.54) is 82.8 Å². The number of aliphatic hydroxyl groups excluding tert-OH is 1. The molecule has 2 aliphatic rings. The molecule has 5 N–H and O–H groups in total. The maximum atomic E-state index is 15.8. The van der Waals surface area contributed by atoms with Crippen molar-refractivity contribution < 1.29 is 67.4 Å². The molecule has 2 saturated heterocycles. The van der Waals surface area contributed by atoms with Gasteiger partial charge in [0, 0.05) is 81.7 Å². The fraction of sp³-hybridized carbons (Fsp3) is 0.610. The number of ether oxygens (including phenoxy) is 1. The first-order valence-corrected chi connectivity index (χ1v) is 36.1. The largest absolute Gasteiger partial charge is 0.391 e. The van der Waals surface area contributed by atoms with Crippen LogP contribution in [-0.2, 0) is 81.5 Å². The molecule has 1 unspecified atom stereocenters. The molecule has 3 aromatic rings. The van der Waals surface area contributed by atoms with Crippen LogP contribution >= 0.6 is 0 Å². The van der Waals surface area contributed by atoms with Gasteiger partial charge in [-0.3, -0.25) is 57.5 Å². The van der Waals surface area contributed by atoms with E-state index in [-0.39, 0.29) is 56.3 Å². The van der Waals surface area contributed by atoms with Gasteiger partial charge in [0.1, 0.15) is 60.4 Å². The Kier molecular flexibility index (Phi) is 32.3. The highest BCUT2D eigenvalue weighted by Gasteiger charge is 2.44. The van der Waals surface area contributed by atoms with Gasteiger partial charge in [-0.2, -0.15) is 0 Å². The molecule has 12 amide bonds. The van der Waals surface area contributed by atoms with Crippen LogP contribution in [0.3, 0.4) is 0 Å². The number of hydrogen-bond donors (Lipinski definition) is 5. The molecule has 0 radical (unpaired) electrons. The highest BCUT2D eigenvalue weighted by atomic mass is 16.5. The zero-order chi connectivity index (χ0) is 76.9. The molecule has 568 valence electrons. The monoisotopic (exact) mass is 1430 g/mol. The summed E-state index contributed by atoms with van der Waals surface area (Å²) in [6.45, 7) is 18.6. The van der Waals surface area contributed by atoms with Gasteiger partial charge in [-0.1, -0.05) is 133 Å². The maximum Gasteiger partial charge on any atom is 0.248 e. The highest BCUT2D eigenvalue weighted by Crippen LogP contribution is 2.24. The van der Waals surface area contributed by atoms with Crippen LogP contribution in [0.15, 0.2) is 91.0 Å². The number of piperidine rings is 1. The number of hydrogen-bond acceptors (Lipinski definition) is 14. The summed E-state index contributed by atoms with van der Waals surface area (Å²) in [4.78, 5) is 191. The molecular formula is C77H116N12O14. The predicted molar refractivity (Wildman–Crippen MR) is 392 cm³/mol. The minimum absolute atomic E-state index is 0.0520. The molecule has 5 rings (SSSR count). The van der Waals surface area contributed by atoms with Crippen LogP contribution in [0.25, 0.3) is 0 Å². The average molecular weight is 1430 g/mol. The van der Waals surface area contributed by atoms with E-state index < -0.39 is 163 Å². The van der Waals surface area contributed by atoms with Gasteiger partial charge in [0.05, 0.1) is 31.3 Å². The van der Waals surface area contributed by atoms with Gasteiger partial charge < -0.3 is 70.3 Å². The van der Waals surface area contributed by atoms with Gasteiger partial charge in [0.15, 0.2) is 0 Å². The molecule has 103 heavy (non-hydrogen) atoms. The van der Waals surface area contributed by atoms with Crippen molar-refractivity contribution >= 4 is 70.9 Å². The van der Waals surface area contributed by atoms with Crippen LogP contribution in [0.2, 0.25) is 0 Å². The van der Waals surface area contributed by atoms with Crippen LogP contribution in [0.1, 0.15) is 138 Å². The van der Waals surface area contributed by atoms with Gasteiger partial charge in [-0.25, -0.2) is 0 Å². The SMILES string of the molecule is CC(C)CC1C(=O)N[C@@H]([C@@H](C)O)C(=O)N(C)CC(=O)N(C)[C@@H](CC(C)C)C(=O)N[C@@H](COC(C)(C)C)C(=O)N(C)[C@@H](Cc2ccccc2)C(=O)N(C)[C@@H](Cc2ccccc2)C(=O)N(C)[C@H](C(=O)N2CCCCC2)CC(=O)N[C@H](C)C(=O)N(C)[C@@H](Cc2ccccc2)C(=O)N[C@@H](CC(C)C)C(=O)N1C. The Labute approximate surface area is 609 Å². The summed E-state index contributed by atoms with van der Waals surface area (Å²) in [5.74, 6) is -9.63. The van der Waals surface area contributed by atoms with Crippen molar-refractivity contribution in [1.29, 1.82) is 0 Å². The summed E-state index contributed by atoms with van der Waals surface area (Å²) >= 11 is 0. The summed E-state index contributed by atoms with van der Waals surface area (Å²) in [6.07, 6.45) is -0.0946. The first kappa shape index (κ1) is 84.9. The lowest BCUT2D eigenvalue weighted by Crippen LogP contribution is -2.62. The van der Waals surface area contributed by atoms with E-state index in [1.807, 2.05) is 41.5 Å². The first-order valence-electron chi connectivity index (χ1n) is 36.1. The van der Waals surface area contributed by atoms with Crippen molar-refractivity contribution in [2.45, 2.75) is 212 Å². The van der Waals surface area contributed by atoms with E-state index in [4.69, 9.17) is 4.74 Å². The third kappa shape index (κ3) is 24.7. The van der Waals surface area contributed by atoms with E-state index in [1.54, 1.807) is 117 Å². The summed E-state index contributed by atoms with van der Waals surface area (Å²) in [5, 5.41) is 22.4. The van der Waals surface area contributed by atoms with Crippen LogP contribution in [0.5, 0.6) is 0 Å². The number of nitrogens with one attached hydrogen (secondary N) is 4. The number of rotatable bonds is 16. The van der Waals surface area contributed by atoms with Crippen molar-refractivity contribution in [3.63, 3.8) is 0 Å². The molecule has 11 atom stereocenters. The number of likely N-dealkylation sites (tertiary alicyclic amines) is 1. The number of carbonyl (C=O) groups is 12. The molecule has 3 aromatic carbocycles. The topological polar surface area (TPSA) is 308 Å². The lowest BCUT2D eigenvalue weighted by molar-refractivity contribution is -0.155. The normalized spacial score (nSPS) is 24.7. The van der Waals surface area contributed by atoms with Crippen LogP contribution in [-0.4, -0.2) is 263 Å². The second-order valence-electron chi connectivity index (χ2n) is 30.1. The number of carbonyl (C=O) groups excluding carboxylic acids is 12. The van der Waals surface area contributed by atoms with Gasteiger partial charge in [-0.15, -0.1) is 0 Å². The van der Waals surface area contributed by atoms with Crippen LogP contribution < -0.4 is 21.3 Å². The van der Waals surface area contributed by atoms with E-state index in [0.717, 1.165) is 21.1 Å². The fourth-order valence-electron chi connectivity index (χ4n) is 12.9. The fourth-order valence-corrected chi connectivity index (χ4v) is 12.9. The van der Waals surface area contributed by atoms with Gasteiger partial charge in [0.25, 0.3) is 0 Å². The molecule has 26 heteroatoms. The van der Waals surface area contributed by atoms with Crippen molar-refractivity contribution in [3.8, 4) is 0 Å². The van der Waals surface area contributed by atoms with E-state index in [2.05, 4.69) is 21.3 Å². The molecule has 2 aliphatic heterocycles. The molecule has 0 spiro atoms. The average Bonchev–Trinajstić information content (AvgIpc) is 0.808. The Morgan fingerprint density at radius 3 is 1.34 bits per heavy atom. The number of likely N-dealkylation sites (N-methyl/N-ethyl adjacent to an activating group) is 7. The summed E-state index contributed by atoms with van der Waals surface area (Å²) in [7, 11) is 9.68. The summed E-state index contributed by atoms with van der Waals surface area (Å²) in [6, 6.07) is 12.7. The summed E-state index contributed by atoms with van der Waals surface area (Å²) in [5.41, 5.74) is 1.02. The molecule has 0 saturated carbocycles. The third-order valence-corrected chi connectivity index (χ3v) is 19.1. The molecular weight excluding hydrogens is 1320 g/mol. The van der Waals surface area contributed by atoms with E-state index in [0.29, 0.717) is 42.6 Å². The minimum atomic E-state index is -1.67. The molecule has 26 nitrogen and oxygen atoms in total. The highest BCUT2D eigenvalue weighted by molar-refractivity contribution is 6.00. The van der Waals surface area contributed by atoms with Crippen molar-refractivity contribution in [1.82, 2.24) is 60.5 Å². The number of benzene rings is 3. The van der Waals surface area contributed by atoms with Crippen molar-refractivity contribution in [2.24, 2.45) is 17.8 Å². The van der Waals surface area contributed by atoms with Gasteiger partial charge in [-0.05, 0) is 108 Å².